The summed E-state index contributed by atoms with van der Waals surface area (Å²) in [4.78, 5) is 4.22. The number of hydrogen-bond acceptors (Lipinski definition) is 2. The first-order valence-electron chi connectivity index (χ1n) is 4.32. The van der Waals surface area contributed by atoms with Gasteiger partial charge in [-0.15, -0.1) is 6.42 Å². The monoisotopic (exact) mass is 183 g/mol. The van der Waals surface area contributed by atoms with Gasteiger partial charge in [-0.2, -0.15) is 0 Å². The van der Waals surface area contributed by atoms with Gasteiger partial charge >= 0.3 is 0 Å². The lowest BCUT2D eigenvalue weighted by Gasteiger charge is -2.05. The maximum absolute atomic E-state index is 5.39. The Bertz CT molecular complexity index is 480. The molecule has 0 saturated heterocycles. The molecule has 0 aliphatic carbocycles. The van der Waals surface area contributed by atoms with Gasteiger partial charge in [-0.05, 0) is 18.2 Å². The number of fused-ring (bicyclic) bond motifs is 1. The highest BCUT2D eigenvalue weighted by atomic mass is 16.5. The van der Waals surface area contributed by atoms with E-state index in [4.69, 9.17) is 11.2 Å². The Morgan fingerprint density at radius 1 is 1.29 bits per heavy atom. The molecule has 0 fully saturated rings. The normalized spacial score (nSPS) is 9.64. The van der Waals surface area contributed by atoms with Crippen LogP contribution in [0.4, 0.5) is 0 Å². The number of para-hydroxylation sites is 1. The summed E-state index contributed by atoms with van der Waals surface area (Å²) in [6.45, 7) is 0.286. The van der Waals surface area contributed by atoms with E-state index in [1.165, 1.54) is 0 Å². The fourth-order valence-electron chi connectivity index (χ4n) is 1.31. The molecule has 0 aliphatic heterocycles. The number of ether oxygens (including phenoxy) is 1. The molecule has 0 bridgehead atoms. The van der Waals surface area contributed by atoms with E-state index in [0.717, 1.165) is 16.7 Å². The van der Waals surface area contributed by atoms with Gasteiger partial charge in [0.05, 0.1) is 5.52 Å². The Labute approximate surface area is 82.5 Å². The van der Waals surface area contributed by atoms with Gasteiger partial charge in [-0.25, -0.2) is 0 Å². The van der Waals surface area contributed by atoms with Gasteiger partial charge in [-0.3, -0.25) is 4.98 Å². The van der Waals surface area contributed by atoms with Crippen molar-refractivity contribution in [3.05, 3.63) is 36.5 Å². The fraction of sp³-hybridized carbons (Fsp3) is 0.0833. The van der Waals surface area contributed by atoms with Gasteiger partial charge in [0.15, 0.2) is 0 Å². The molecule has 2 rings (SSSR count). The molecule has 2 heteroatoms. The van der Waals surface area contributed by atoms with Crippen LogP contribution in [0.1, 0.15) is 0 Å². The van der Waals surface area contributed by atoms with Gasteiger partial charge in [0.25, 0.3) is 0 Å². The van der Waals surface area contributed by atoms with Crippen molar-refractivity contribution in [1.82, 2.24) is 4.98 Å². The van der Waals surface area contributed by atoms with Crippen molar-refractivity contribution >= 4 is 10.9 Å². The van der Waals surface area contributed by atoms with E-state index in [9.17, 15) is 0 Å². The molecule has 1 aromatic carbocycles. The summed E-state index contributed by atoms with van der Waals surface area (Å²) in [7, 11) is 0. The minimum Gasteiger partial charge on any atom is -0.480 e. The molecule has 0 saturated carbocycles. The van der Waals surface area contributed by atoms with Crippen molar-refractivity contribution in [2.24, 2.45) is 0 Å². The highest BCUT2D eigenvalue weighted by Gasteiger charge is 2.00. The smallest absolute Gasteiger partial charge is 0.148 e. The summed E-state index contributed by atoms with van der Waals surface area (Å²) in [5, 5.41) is 0.991. The standard InChI is InChI=1S/C12H9NO/c1-2-9-14-12-7-8-13-11-6-4-3-5-10(11)12/h1,3-8H,9H2. The van der Waals surface area contributed by atoms with Crippen molar-refractivity contribution in [3.63, 3.8) is 0 Å². The van der Waals surface area contributed by atoms with Crippen molar-refractivity contribution in [3.8, 4) is 18.1 Å². The van der Waals surface area contributed by atoms with Crippen LogP contribution in [0, 0.1) is 12.3 Å². The molecule has 14 heavy (non-hydrogen) atoms. The molecule has 2 aromatic rings. The highest BCUT2D eigenvalue weighted by Crippen LogP contribution is 2.22. The Morgan fingerprint density at radius 2 is 2.14 bits per heavy atom. The van der Waals surface area contributed by atoms with Gasteiger partial charge in [0.1, 0.15) is 12.4 Å². The van der Waals surface area contributed by atoms with Crippen LogP contribution in [0.5, 0.6) is 5.75 Å². The Kier molecular flexibility index (Phi) is 2.33. The molecule has 0 N–H and O–H groups in total. The van der Waals surface area contributed by atoms with Gasteiger partial charge in [-0.1, -0.05) is 18.1 Å². The van der Waals surface area contributed by atoms with E-state index in [-0.39, 0.29) is 6.61 Å². The van der Waals surface area contributed by atoms with Crippen LogP contribution in [0.2, 0.25) is 0 Å². The minimum atomic E-state index is 0.286. The van der Waals surface area contributed by atoms with Crippen molar-refractivity contribution in [2.75, 3.05) is 6.61 Å². The zero-order chi connectivity index (χ0) is 9.80. The summed E-state index contributed by atoms with van der Waals surface area (Å²) in [5.74, 6) is 3.22. The van der Waals surface area contributed by atoms with E-state index in [1.807, 2.05) is 30.3 Å². The molecule has 68 valence electrons. The van der Waals surface area contributed by atoms with Gasteiger partial charge in [0, 0.05) is 11.6 Å². The molecule has 0 atom stereocenters. The molecule has 2 nitrogen and oxygen atoms in total. The van der Waals surface area contributed by atoms with Crippen molar-refractivity contribution in [2.45, 2.75) is 0 Å². The molecule has 0 unspecified atom stereocenters. The molecule has 1 heterocycles. The van der Waals surface area contributed by atoms with Crippen molar-refractivity contribution < 1.29 is 4.74 Å². The molecule has 0 aliphatic rings. The second-order valence-electron chi connectivity index (χ2n) is 2.82. The van der Waals surface area contributed by atoms with Crippen LogP contribution in [0.15, 0.2) is 36.5 Å². The summed E-state index contributed by atoms with van der Waals surface area (Å²) in [6.07, 6.45) is 6.85. The third-order valence-corrected chi connectivity index (χ3v) is 1.92. The van der Waals surface area contributed by atoms with Crippen LogP contribution >= 0.6 is 0 Å². The van der Waals surface area contributed by atoms with E-state index in [1.54, 1.807) is 6.20 Å². The SMILES string of the molecule is C#CCOc1ccnc2ccccc12. The Hall–Kier alpha value is -2.01. The first-order chi connectivity index (χ1) is 6.92. The first-order valence-corrected chi connectivity index (χ1v) is 4.32. The zero-order valence-electron chi connectivity index (χ0n) is 7.60. The lowest BCUT2D eigenvalue weighted by Crippen LogP contribution is -1.94. The van der Waals surface area contributed by atoms with Crippen LogP contribution < -0.4 is 4.74 Å². The predicted molar refractivity (Wildman–Crippen MR) is 56.1 cm³/mol. The lowest BCUT2D eigenvalue weighted by molar-refractivity contribution is 0.374. The summed E-state index contributed by atoms with van der Waals surface area (Å²) >= 11 is 0. The largest absolute Gasteiger partial charge is 0.480 e. The van der Waals surface area contributed by atoms with Crippen LogP contribution in [-0.2, 0) is 0 Å². The molecule has 0 spiro atoms. The number of rotatable bonds is 2. The second kappa shape index (κ2) is 3.80. The van der Waals surface area contributed by atoms with Gasteiger partial charge < -0.3 is 4.74 Å². The number of benzene rings is 1. The number of nitrogens with zero attached hydrogens (tertiary/aromatic N) is 1. The molecule has 1 aromatic heterocycles. The molecule has 0 radical (unpaired) electrons. The van der Waals surface area contributed by atoms with Crippen LogP contribution in [0.3, 0.4) is 0 Å². The first kappa shape index (κ1) is 8.58. The van der Waals surface area contributed by atoms with Crippen LogP contribution in [0.25, 0.3) is 10.9 Å². The average Bonchev–Trinajstić information content (AvgIpc) is 2.26. The molecular weight excluding hydrogens is 174 g/mol. The maximum Gasteiger partial charge on any atom is 0.148 e. The second-order valence-corrected chi connectivity index (χ2v) is 2.82. The number of hydrogen-bond donors (Lipinski definition) is 0. The third-order valence-electron chi connectivity index (χ3n) is 1.92. The number of aromatic nitrogens is 1. The van der Waals surface area contributed by atoms with Gasteiger partial charge in [0.2, 0.25) is 0 Å². The summed E-state index contributed by atoms with van der Waals surface area (Å²) in [5.41, 5.74) is 0.919. The third kappa shape index (κ3) is 1.53. The quantitative estimate of drug-likeness (QED) is 0.666. The highest BCUT2D eigenvalue weighted by molar-refractivity contribution is 5.84. The van der Waals surface area contributed by atoms with E-state index >= 15 is 0 Å². The van der Waals surface area contributed by atoms with E-state index in [2.05, 4.69) is 10.9 Å². The zero-order valence-corrected chi connectivity index (χ0v) is 7.60. The van der Waals surface area contributed by atoms with Crippen molar-refractivity contribution in [1.29, 1.82) is 0 Å². The fourth-order valence-corrected chi connectivity index (χ4v) is 1.31. The average molecular weight is 183 g/mol. The summed E-state index contributed by atoms with van der Waals surface area (Å²) < 4.78 is 5.39. The molecular formula is C12H9NO. The molecule has 0 amide bonds. The number of pyridine rings is 1. The maximum atomic E-state index is 5.39. The lowest BCUT2D eigenvalue weighted by atomic mass is 10.2. The minimum absolute atomic E-state index is 0.286. The summed E-state index contributed by atoms with van der Waals surface area (Å²) in [6, 6.07) is 9.62. The van der Waals surface area contributed by atoms with E-state index in [0.29, 0.717) is 0 Å². The Balaban J connectivity index is 2.49. The predicted octanol–water partition coefficient (Wildman–Crippen LogP) is 2.25. The van der Waals surface area contributed by atoms with Crippen LogP contribution in [-0.4, -0.2) is 11.6 Å². The Morgan fingerprint density at radius 3 is 3.00 bits per heavy atom. The number of terminal acetylenes is 1. The topological polar surface area (TPSA) is 22.1 Å². The van der Waals surface area contributed by atoms with E-state index < -0.39 is 0 Å².